The molecule has 0 bridgehead atoms. The van der Waals surface area contributed by atoms with Crippen LogP contribution in [0.15, 0.2) is 37.7 Å². The van der Waals surface area contributed by atoms with Crippen LogP contribution < -0.4 is 22.0 Å². The zero-order chi connectivity index (χ0) is 49.8. The summed E-state index contributed by atoms with van der Waals surface area (Å²) >= 11 is 0. The van der Waals surface area contributed by atoms with Gasteiger partial charge in [-0.2, -0.15) is 0 Å². The second kappa shape index (κ2) is 25.5. The van der Waals surface area contributed by atoms with Crippen molar-refractivity contribution in [2.24, 2.45) is 4.99 Å². The number of aliphatic hydroxyl groups is 4. The van der Waals surface area contributed by atoms with E-state index in [0.29, 0.717) is 103 Å². The number of aryl methyl sites for hydroxylation is 2. The first-order valence-electron chi connectivity index (χ1n) is 23.7. The summed E-state index contributed by atoms with van der Waals surface area (Å²) in [4.78, 5) is 54.4. The van der Waals surface area contributed by atoms with Crippen LogP contribution >= 0.6 is 0 Å². The molecule has 69 heavy (non-hydrogen) atoms. The van der Waals surface area contributed by atoms with Crippen LogP contribution in [0, 0.1) is 0 Å². The number of pyridine rings is 2. The predicted molar refractivity (Wildman–Crippen MR) is 256 cm³/mol. The summed E-state index contributed by atoms with van der Waals surface area (Å²) in [6.45, 7) is 4.43. The highest BCUT2D eigenvalue weighted by Gasteiger charge is 2.44. The molecule has 1 aliphatic carbocycles. The van der Waals surface area contributed by atoms with E-state index in [1.807, 2.05) is 58.2 Å². The molecule has 0 unspecified atom stereocenters. The van der Waals surface area contributed by atoms with Gasteiger partial charge in [0, 0.05) is 42.5 Å². The maximum atomic E-state index is 14.6. The van der Waals surface area contributed by atoms with Crippen molar-refractivity contribution in [3.8, 4) is 17.0 Å². The molecule has 5 atom stereocenters. The number of nitrogens with zero attached hydrogens (tertiary/aromatic N) is 9. The van der Waals surface area contributed by atoms with Crippen molar-refractivity contribution in [1.82, 2.24) is 38.8 Å². The Morgan fingerprint density at radius 2 is 1.33 bits per heavy atom. The average molecular weight is 970 g/mol. The minimum absolute atomic E-state index is 0.0410. The monoisotopic (exact) mass is 970 g/mol. The van der Waals surface area contributed by atoms with Crippen LogP contribution in [0.4, 0.5) is 0 Å². The SMILES string of the molecule is CN(C)CCCc1cc2c(O)n(CCCN(C)C)c(=O)c3c(=NCCCn4cc(COCCOCCOCCO[C@@H]5O[C@H](CO)[C@@H](O)[C@H](O)[C@H]5O)nn4)cc4c(=O)n(CCCN(C)C)c(=O)c1c-4c23. The summed E-state index contributed by atoms with van der Waals surface area (Å²) in [7, 11) is 11.8. The third-order valence-corrected chi connectivity index (χ3v) is 12.1. The van der Waals surface area contributed by atoms with Crippen LogP contribution in [0.3, 0.4) is 0 Å². The zero-order valence-corrected chi connectivity index (χ0v) is 40.8. The zero-order valence-electron chi connectivity index (χ0n) is 40.8. The summed E-state index contributed by atoms with van der Waals surface area (Å²) < 4.78 is 31.8. The standard InChI is InChI=1S/C47H71N9O13/c1-51(2)13-7-11-30-25-32-38-37-33(44(62)55(45(63)36(30)37)17-9-14-52(3)4)26-34(39(38)46(64)56(43(32)61)18-10-15-53(5)6)48-12-8-16-54-27-31(49-50-54)29-67-22-21-65-19-20-66-23-24-68-47-42(60)41(59)40(58)35(28-57)69-47/h25-27,35,40-42,47,57-61H,7-24,28-29H2,1-6H3/t35-,40-,41+,42-,47-/m1/s1. The molecule has 0 spiro atoms. The van der Waals surface area contributed by atoms with Crippen LogP contribution in [0.5, 0.6) is 5.88 Å². The number of benzene rings is 2. The quantitative estimate of drug-likeness (QED) is 0.0276. The maximum absolute atomic E-state index is 14.6. The third kappa shape index (κ3) is 13.4. The van der Waals surface area contributed by atoms with Crippen molar-refractivity contribution >= 4 is 21.5 Å². The Balaban J connectivity index is 1.10. The third-order valence-electron chi connectivity index (χ3n) is 12.1. The molecule has 6 rings (SSSR count). The summed E-state index contributed by atoms with van der Waals surface area (Å²) in [5, 5.41) is 61.2. The number of rotatable bonds is 29. The van der Waals surface area contributed by atoms with E-state index in [2.05, 4.69) is 15.2 Å². The smallest absolute Gasteiger partial charge is 0.263 e. The van der Waals surface area contributed by atoms with Gasteiger partial charge in [0.25, 0.3) is 16.7 Å². The van der Waals surface area contributed by atoms with Gasteiger partial charge in [-0.15, -0.1) is 5.10 Å². The molecule has 1 fully saturated rings. The first-order valence-corrected chi connectivity index (χ1v) is 23.7. The number of aromatic hydroxyl groups is 1. The summed E-state index contributed by atoms with van der Waals surface area (Å²) in [5.74, 6) is -0.190. The van der Waals surface area contributed by atoms with E-state index in [0.717, 1.165) is 18.5 Å². The van der Waals surface area contributed by atoms with Crippen molar-refractivity contribution in [3.05, 3.63) is 66.0 Å². The van der Waals surface area contributed by atoms with Gasteiger partial charge in [-0.05, 0) is 112 Å². The van der Waals surface area contributed by atoms with Gasteiger partial charge in [0.05, 0.1) is 80.7 Å². The molecule has 382 valence electrons. The lowest BCUT2D eigenvalue weighted by molar-refractivity contribution is -0.302. The minimum Gasteiger partial charge on any atom is -0.494 e. The molecule has 3 aromatic rings. The molecule has 2 aromatic heterocycles. The lowest BCUT2D eigenvalue weighted by atomic mass is 9.87. The van der Waals surface area contributed by atoms with E-state index < -0.39 is 48.4 Å². The molecule has 0 radical (unpaired) electrons. The van der Waals surface area contributed by atoms with Gasteiger partial charge in [0.1, 0.15) is 30.1 Å². The molecule has 0 saturated carbocycles. The normalized spacial score (nSPS) is 19.3. The van der Waals surface area contributed by atoms with Crippen LogP contribution in [0.25, 0.3) is 32.7 Å². The number of ether oxygens (including phenoxy) is 5. The van der Waals surface area contributed by atoms with Crippen LogP contribution in [-0.4, -0.2) is 210 Å². The minimum atomic E-state index is -1.51. The second-order valence-electron chi connectivity index (χ2n) is 18.3. The van der Waals surface area contributed by atoms with Gasteiger partial charge in [-0.25, -0.2) is 0 Å². The average Bonchev–Trinajstić information content (AvgIpc) is 3.77. The van der Waals surface area contributed by atoms with Crippen LogP contribution in [0.2, 0.25) is 0 Å². The second-order valence-corrected chi connectivity index (χ2v) is 18.3. The van der Waals surface area contributed by atoms with Gasteiger partial charge < -0.3 is 63.9 Å². The molecule has 2 aliphatic heterocycles. The number of hydrogen-bond acceptors (Lipinski definition) is 19. The Labute approximate surface area is 400 Å². The Kier molecular flexibility index (Phi) is 19.9. The molecule has 1 saturated heterocycles. The van der Waals surface area contributed by atoms with E-state index >= 15 is 0 Å². The summed E-state index contributed by atoms with van der Waals surface area (Å²) in [6.07, 6.45) is -1.93. The fourth-order valence-corrected chi connectivity index (χ4v) is 8.63. The first kappa shape index (κ1) is 53.8. The first-order chi connectivity index (χ1) is 33.1. The van der Waals surface area contributed by atoms with Crippen molar-refractivity contribution in [2.75, 3.05) is 115 Å². The Morgan fingerprint density at radius 1 is 0.710 bits per heavy atom. The molecule has 4 heterocycles. The summed E-state index contributed by atoms with van der Waals surface area (Å²) in [5.41, 5.74) is 0.788. The van der Waals surface area contributed by atoms with E-state index in [4.69, 9.17) is 28.7 Å². The highest BCUT2D eigenvalue weighted by Crippen LogP contribution is 2.39. The highest BCUT2D eigenvalue weighted by molar-refractivity contribution is 6.16. The van der Waals surface area contributed by atoms with Gasteiger partial charge in [-0.3, -0.25) is 33.2 Å². The Morgan fingerprint density at radius 3 is 2.00 bits per heavy atom. The van der Waals surface area contributed by atoms with E-state index in [9.17, 15) is 39.9 Å². The molecular formula is C47H71N9O13. The largest absolute Gasteiger partial charge is 0.494 e. The molecule has 1 aromatic carbocycles. The predicted octanol–water partition coefficient (Wildman–Crippen LogP) is -1.29. The van der Waals surface area contributed by atoms with Crippen molar-refractivity contribution in [3.63, 3.8) is 0 Å². The number of hydrogen-bond donors (Lipinski definition) is 5. The molecule has 3 aliphatic rings. The Bertz CT molecular complexity index is 2600. The van der Waals surface area contributed by atoms with Gasteiger partial charge >= 0.3 is 0 Å². The van der Waals surface area contributed by atoms with Crippen LogP contribution in [-0.2, 0) is 56.3 Å². The number of aromatic nitrogens is 5. The molecule has 0 amide bonds. The van der Waals surface area contributed by atoms with E-state index in [1.165, 1.54) is 9.13 Å². The molecule has 5 N–H and O–H groups in total. The van der Waals surface area contributed by atoms with Gasteiger partial charge in [0.15, 0.2) is 6.29 Å². The van der Waals surface area contributed by atoms with Crippen molar-refractivity contribution < 1.29 is 49.2 Å². The number of aliphatic hydroxyl groups excluding tert-OH is 4. The van der Waals surface area contributed by atoms with E-state index in [-0.39, 0.29) is 62.9 Å². The molecule has 22 heteroatoms. The Hall–Kier alpha value is -4.56. The van der Waals surface area contributed by atoms with Crippen molar-refractivity contribution in [2.45, 2.75) is 89.1 Å². The van der Waals surface area contributed by atoms with Crippen LogP contribution in [0.1, 0.15) is 36.9 Å². The lowest BCUT2D eigenvalue weighted by Crippen LogP contribution is -2.59. The summed E-state index contributed by atoms with van der Waals surface area (Å²) in [6, 6.07) is 3.50. The molecular weight excluding hydrogens is 899 g/mol. The fraction of sp³-hybridized carbons (Fsp3) is 0.660. The lowest BCUT2D eigenvalue weighted by Gasteiger charge is -2.39. The van der Waals surface area contributed by atoms with Gasteiger partial charge in [0.2, 0.25) is 5.88 Å². The van der Waals surface area contributed by atoms with Gasteiger partial charge in [-0.1, -0.05) is 5.21 Å². The fourth-order valence-electron chi connectivity index (χ4n) is 8.63. The van der Waals surface area contributed by atoms with Crippen molar-refractivity contribution in [1.29, 1.82) is 0 Å². The maximum Gasteiger partial charge on any atom is 0.263 e. The molecule has 22 nitrogen and oxygen atoms in total. The highest BCUT2D eigenvalue weighted by atomic mass is 16.7. The topological polar surface area (TPSA) is 261 Å². The van der Waals surface area contributed by atoms with E-state index in [1.54, 1.807) is 16.9 Å².